The summed E-state index contributed by atoms with van der Waals surface area (Å²) in [6, 6.07) is 7.56. The second kappa shape index (κ2) is 9.94. The van der Waals surface area contributed by atoms with Gasteiger partial charge in [0.1, 0.15) is 41.4 Å². The van der Waals surface area contributed by atoms with Crippen molar-refractivity contribution in [3.63, 3.8) is 0 Å². The molecule has 9 nitrogen and oxygen atoms in total. The fourth-order valence-electron chi connectivity index (χ4n) is 4.31. The van der Waals surface area contributed by atoms with Crippen molar-refractivity contribution in [2.45, 2.75) is 6.04 Å². The van der Waals surface area contributed by atoms with Crippen LogP contribution in [0.25, 0.3) is 16.2 Å². The number of carbonyl (C=O) groups is 2. The van der Waals surface area contributed by atoms with E-state index in [1.54, 1.807) is 52.1 Å². The van der Waals surface area contributed by atoms with Gasteiger partial charge in [0.05, 0.1) is 17.7 Å². The molecule has 1 unspecified atom stereocenters. The first kappa shape index (κ1) is 25.3. The van der Waals surface area contributed by atoms with Crippen LogP contribution in [0.5, 0.6) is 5.75 Å². The number of halogens is 2. The molecule has 3 aromatic heterocycles. The maximum atomic E-state index is 14.4. The Hall–Kier alpha value is -5.02. The molecular weight excluding hydrogens is 538 g/mol. The highest BCUT2D eigenvalue weighted by atomic mass is 32.1. The quantitative estimate of drug-likeness (QED) is 0.342. The first-order valence-electron chi connectivity index (χ1n) is 12.0. The molecule has 12 heteroatoms. The molecule has 0 saturated carbocycles. The summed E-state index contributed by atoms with van der Waals surface area (Å²) in [5, 5.41) is 4.36. The fraction of sp³-hybridized carbons (Fsp3) is 0.143. The zero-order valence-electron chi connectivity index (χ0n) is 21.2. The van der Waals surface area contributed by atoms with Gasteiger partial charge in [-0.3, -0.25) is 14.0 Å². The summed E-state index contributed by atoms with van der Waals surface area (Å²) in [6.07, 6.45) is 4.91. The van der Waals surface area contributed by atoms with E-state index in [0.717, 1.165) is 12.1 Å². The number of hydrogen-bond donors (Lipinski definition) is 1. The maximum absolute atomic E-state index is 14.4. The van der Waals surface area contributed by atoms with Crippen LogP contribution < -0.4 is 15.0 Å². The van der Waals surface area contributed by atoms with Crippen molar-refractivity contribution >= 4 is 33.8 Å². The average molecular weight is 559 g/mol. The lowest BCUT2D eigenvalue weighted by Gasteiger charge is -2.20. The van der Waals surface area contributed by atoms with E-state index in [9.17, 15) is 18.4 Å². The first-order valence-corrected chi connectivity index (χ1v) is 12.9. The Kier molecular flexibility index (Phi) is 6.28. The second-order valence-corrected chi connectivity index (χ2v) is 9.95. The van der Waals surface area contributed by atoms with Crippen molar-refractivity contribution in [3.8, 4) is 28.8 Å². The van der Waals surface area contributed by atoms with Gasteiger partial charge in [0.25, 0.3) is 11.8 Å². The summed E-state index contributed by atoms with van der Waals surface area (Å²) < 4.78 is 37.0. The summed E-state index contributed by atoms with van der Waals surface area (Å²) in [5.74, 6) is 4.11. The van der Waals surface area contributed by atoms with Crippen molar-refractivity contribution in [2.24, 2.45) is 7.05 Å². The molecule has 40 heavy (non-hydrogen) atoms. The highest BCUT2D eigenvalue weighted by molar-refractivity contribution is 7.15. The van der Waals surface area contributed by atoms with E-state index in [2.05, 4.69) is 27.1 Å². The largest absolute Gasteiger partial charge is 0.489 e. The number of aromatic nitrogens is 4. The molecule has 5 aromatic rings. The molecule has 1 aliphatic heterocycles. The van der Waals surface area contributed by atoms with E-state index in [1.165, 1.54) is 28.5 Å². The summed E-state index contributed by atoms with van der Waals surface area (Å²) in [5.41, 5.74) is 2.45. The van der Waals surface area contributed by atoms with E-state index in [0.29, 0.717) is 33.3 Å². The topological polar surface area (TPSA) is 93.8 Å². The third kappa shape index (κ3) is 4.67. The van der Waals surface area contributed by atoms with Gasteiger partial charge in [-0.15, -0.1) is 11.3 Å². The highest BCUT2D eigenvalue weighted by Gasteiger charge is 2.31. The molecule has 6 rings (SSSR count). The number of amides is 2. The minimum Gasteiger partial charge on any atom is -0.489 e. The van der Waals surface area contributed by atoms with Crippen LogP contribution in [0.1, 0.15) is 21.7 Å². The summed E-state index contributed by atoms with van der Waals surface area (Å²) in [7, 11) is 3.46. The fourth-order valence-corrected chi connectivity index (χ4v) is 5.18. The van der Waals surface area contributed by atoms with Gasteiger partial charge < -0.3 is 19.5 Å². The number of thiazole rings is 1. The number of benzene rings is 2. The predicted octanol–water partition coefficient (Wildman–Crippen LogP) is 3.63. The van der Waals surface area contributed by atoms with E-state index in [1.807, 2.05) is 7.05 Å². The summed E-state index contributed by atoms with van der Waals surface area (Å²) >= 11 is 1.20. The number of aryl methyl sites for hydroxylation is 1. The van der Waals surface area contributed by atoms with Crippen LogP contribution >= 0.6 is 11.3 Å². The molecule has 0 bridgehead atoms. The number of carbonyl (C=O) groups excluding carboxylic acids is 2. The second-order valence-electron chi connectivity index (χ2n) is 9.12. The number of nitrogens with zero attached hydrogens (tertiary/aromatic N) is 5. The number of nitrogens with one attached hydrogen (secondary N) is 1. The Labute approximate surface area is 230 Å². The molecule has 200 valence electrons. The Balaban J connectivity index is 1.20. The summed E-state index contributed by atoms with van der Waals surface area (Å²) in [4.78, 5) is 36.7. The molecule has 0 saturated heterocycles. The smallest absolute Gasteiger partial charge is 0.272 e. The van der Waals surface area contributed by atoms with Gasteiger partial charge in [0, 0.05) is 49.1 Å². The van der Waals surface area contributed by atoms with Gasteiger partial charge in [-0.05, 0) is 36.3 Å². The number of fused-ring (bicyclic) bond motifs is 2. The number of likely N-dealkylation sites (N-methyl/N-ethyl adjacent to an activating group) is 1. The molecular formula is C28H20F2N6O3S. The highest BCUT2D eigenvalue weighted by Crippen LogP contribution is 2.32. The van der Waals surface area contributed by atoms with Crippen molar-refractivity contribution in [1.82, 2.24) is 24.3 Å². The lowest BCUT2D eigenvalue weighted by Crippen LogP contribution is -2.49. The molecule has 0 radical (unpaired) electrons. The molecule has 2 aromatic carbocycles. The standard InChI is InChI=1S/C28H20F2N6O3S/c1-34-11-18(31-15-34)6-3-16-4-8-25-23(9-16)35(2)27(38)22(13-39-25)32-26(37)21-12-36-24(14-40-28(36)33-21)19-7-5-17(29)10-20(19)30/h4-5,7-12,14-15,22H,13H2,1-2H3,(H,32,37). The third-order valence-corrected chi connectivity index (χ3v) is 7.19. The van der Waals surface area contributed by atoms with Crippen LogP contribution in [0.2, 0.25) is 0 Å². The zero-order chi connectivity index (χ0) is 28.0. The van der Waals surface area contributed by atoms with Gasteiger partial charge >= 0.3 is 0 Å². The lowest BCUT2D eigenvalue weighted by molar-refractivity contribution is -0.120. The molecule has 1 atom stereocenters. The van der Waals surface area contributed by atoms with Crippen molar-refractivity contribution < 1.29 is 23.1 Å². The molecule has 4 heterocycles. The molecule has 0 spiro atoms. The molecule has 0 fully saturated rings. The van der Waals surface area contributed by atoms with Crippen LogP contribution in [0.15, 0.2) is 60.5 Å². The van der Waals surface area contributed by atoms with Crippen molar-refractivity contribution in [3.05, 3.63) is 89.1 Å². The number of ether oxygens (including phenoxy) is 1. The predicted molar refractivity (Wildman–Crippen MR) is 144 cm³/mol. The van der Waals surface area contributed by atoms with E-state index in [4.69, 9.17) is 4.74 Å². The number of hydrogen-bond acceptors (Lipinski definition) is 6. The van der Waals surface area contributed by atoms with Crippen LogP contribution in [0, 0.1) is 23.5 Å². The Bertz CT molecular complexity index is 1860. The number of anilines is 1. The minimum atomic E-state index is -0.985. The SMILES string of the molecule is CN1C(=O)C(NC(=O)c2cn3c(-c4ccc(F)cc4F)csc3n2)COc2ccc(C#Cc3cn(C)cn3)cc21. The van der Waals surface area contributed by atoms with Gasteiger partial charge in [0.2, 0.25) is 0 Å². The Morgan fingerprint density at radius 2 is 2.00 bits per heavy atom. The van der Waals surface area contributed by atoms with Gasteiger partial charge in [0.15, 0.2) is 4.96 Å². The lowest BCUT2D eigenvalue weighted by atomic mass is 10.1. The van der Waals surface area contributed by atoms with E-state index < -0.39 is 23.6 Å². The number of rotatable bonds is 3. The molecule has 2 amide bonds. The van der Waals surface area contributed by atoms with Crippen LogP contribution in [-0.4, -0.2) is 50.4 Å². The zero-order valence-corrected chi connectivity index (χ0v) is 22.0. The maximum Gasteiger partial charge on any atom is 0.272 e. The molecule has 1 N–H and O–H groups in total. The van der Waals surface area contributed by atoms with Crippen molar-refractivity contribution in [1.29, 1.82) is 0 Å². The third-order valence-electron chi connectivity index (χ3n) is 6.35. The first-order chi connectivity index (χ1) is 19.3. The van der Waals surface area contributed by atoms with Crippen molar-refractivity contribution in [2.75, 3.05) is 18.6 Å². The average Bonchev–Trinajstić information content (AvgIpc) is 3.64. The number of imidazole rings is 2. The monoisotopic (exact) mass is 558 g/mol. The van der Waals surface area contributed by atoms with Crippen LogP contribution in [0.3, 0.4) is 0 Å². The van der Waals surface area contributed by atoms with Crippen LogP contribution in [-0.2, 0) is 11.8 Å². The Morgan fingerprint density at radius 3 is 2.77 bits per heavy atom. The normalized spacial score (nSPS) is 14.8. The van der Waals surface area contributed by atoms with E-state index >= 15 is 0 Å². The van der Waals surface area contributed by atoms with Gasteiger partial charge in [-0.1, -0.05) is 5.92 Å². The van der Waals surface area contributed by atoms with Gasteiger partial charge in [-0.25, -0.2) is 18.7 Å². The molecule has 0 aliphatic carbocycles. The van der Waals surface area contributed by atoms with E-state index in [-0.39, 0.29) is 23.8 Å². The Morgan fingerprint density at radius 1 is 1.15 bits per heavy atom. The molecule has 1 aliphatic rings. The summed E-state index contributed by atoms with van der Waals surface area (Å²) in [6.45, 7) is -0.0882. The minimum absolute atomic E-state index is 0.0416. The van der Waals surface area contributed by atoms with Crippen LogP contribution in [0.4, 0.5) is 14.5 Å². The van der Waals surface area contributed by atoms with Gasteiger partial charge in [-0.2, -0.15) is 0 Å².